The summed E-state index contributed by atoms with van der Waals surface area (Å²) in [5.41, 5.74) is 5.39. The van der Waals surface area contributed by atoms with Crippen molar-refractivity contribution < 1.29 is 14.4 Å². The zero-order valence-corrected chi connectivity index (χ0v) is 15.5. The monoisotopic (exact) mass is 339 g/mol. The second kappa shape index (κ2) is 9.64. The van der Waals surface area contributed by atoms with Crippen LogP contribution in [0.2, 0.25) is 0 Å². The van der Waals surface area contributed by atoms with Crippen molar-refractivity contribution in [3.8, 4) is 0 Å². The Labute approximate surface area is 145 Å². The third-order valence-corrected chi connectivity index (χ3v) is 4.41. The average Bonchev–Trinajstić information content (AvgIpc) is 2.94. The van der Waals surface area contributed by atoms with Crippen LogP contribution in [0, 0.1) is 11.8 Å². The molecule has 1 fully saturated rings. The molecule has 0 aromatic rings. The summed E-state index contributed by atoms with van der Waals surface area (Å²) in [5, 5.41) is 2.74. The first kappa shape index (κ1) is 20.5. The van der Waals surface area contributed by atoms with E-state index in [0.717, 1.165) is 19.3 Å². The van der Waals surface area contributed by atoms with E-state index in [1.54, 1.807) is 4.90 Å². The predicted octanol–water partition coefficient (Wildman–Crippen LogP) is 1.82. The zero-order chi connectivity index (χ0) is 18.3. The maximum Gasteiger partial charge on any atom is 0.243 e. The van der Waals surface area contributed by atoms with Crippen LogP contribution >= 0.6 is 0 Å². The van der Waals surface area contributed by atoms with E-state index in [1.807, 2.05) is 13.8 Å². The molecule has 0 spiro atoms. The number of nitrogens with two attached hydrogens (primary N) is 1. The van der Waals surface area contributed by atoms with Gasteiger partial charge in [0.2, 0.25) is 17.7 Å². The zero-order valence-electron chi connectivity index (χ0n) is 15.5. The molecule has 1 heterocycles. The van der Waals surface area contributed by atoms with E-state index in [1.165, 1.54) is 0 Å². The predicted molar refractivity (Wildman–Crippen MR) is 94.0 cm³/mol. The van der Waals surface area contributed by atoms with Crippen LogP contribution in [0.1, 0.15) is 66.2 Å². The minimum atomic E-state index is -0.670. The minimum Gasteiger partial charge on any atom is -0.368 e. The standard InChI is InChI=1S/C18H33N3O3/c1-12(2)7-5-9-16(22)21-10-6-8-15(21)18(24)20-14(17(19)23)11-13(3)4/h12-15H,5-11H2,1-4H3,(H2,19,23)(H,20,24)/t14-,15?/m0/s1. The Bertz CT molecular complexity index is 449. The molecule has 0 aliphatic carbocycles. The number of hydrogen-bond donors (Lipinski definition) is 2. The van der Waals surface area contributed by atoms with E-state index >= 15 is 0 Å². The largest absolute Gasteiger partial charge is 0.368 e. The van der Waals surface area contributed by atoms with E-state index in [4.69, 9.17) is 5.73 Å². The lowest BCUT2D eigenvalue weighted by atomic mass is 10.0. The number of primary amides is 1. The number of amides is 3. The molecule has 6 nitrogen and oxygen atoms in total. The summed E-state index contributed by atoms with van der Waals surface area (Å²) in [6.45, 7) is 8.83. The first-order chi connectivity index (χ1) is 11.2. The Morgan fingerprint density at radius 1 is 1.17 bits per heavy atom. The van der Waals surface area contributed by atoms with Gasteiger partial charge in [0.1, 0.15) is 12.1 Å². The highest BCUT2D eigenvalue weighted by Crippen LogP contribution is 2.20. The molecule has 3 amide bonds. The number of carbonyl (C=O) groups excluding carboxylic acids is 3. The van der Waals surface area contributed by atoms with Crippen molar-refractivity contribution in [2.45, 2.75) is 78.3 Å². The molecule has 138 valence electrons. The number of hydrogen-bond acceptors (Lipinski definition) is 3. The SMILES string of the molecule is CC(C)CCCC(=O)N1CCCC1C(=O)N[C@@H](CC(C)C)C(N)=O. The van der Waals surface area contributed by atoms with Crippen LogP contribution in [-0.4, -0.2) is 41.2 Å². The molecule has 6 heteroatoms. The van der Waals surface area contributed by atoms with Crippen molar-refractivity contribution in [2.24, 2.45) is 17.6 Å². The van der Waals surface area contributed by atoms with Crippen molar-refractivity contribution in [1.82, 2.24) is 10.2 Å². The molecule has 1 rings (SSSR count). The lowest BCUT2D eigenvalue weighted by Crippen LogP contribution is -2.52. The van der Waals surface area contributed by atoms with Gasteiger partial charge in [-0.25, -0.2) is 0 Å². The summed E-state index contributed by atoms with van der Waals surface area (Å²) < 4.78 is 0. The van der Waals surface area contributed by atoms with Crippen LogP contribution in [0.3, 0.4) is 0 Å². The fraction of sp³-hybridized carbons (Fsp3) is 0.833. The first-order valence-corrected chi connectivity index (χ1v) is 9.11. The lowest BCUT2D eigenvalue weighted by molar-refractivity contribution is -0.139. The first-order valence-electron chi connectivity index (χ1n) is 9.11. The van der Waals surface area contributed by atoms with Gasteiger partial charge >= 0.3 is 0 Å². The number of nitrogens with zero attached hydrogens (tertiary/aromatic N) is 1. The Morgan fingerprint density at radius 2 is 1.83 bits per heavy atom. The highest BCUT2D eigenvalue weighted by atomic mass is 16.2. The fourth-order valence-electron chi connectivity index (χ4n) is 3.13. The second-order valence-electron chi connectivity index (χ2n) is 7.62. The molecule has 0 radical (unpaired) electrons. The van der Waals surface area contributed by atoms with Crippen LogP contribution in [-0.2, 0) is 14.4 Å². The van der Waals surface area contributed by atoms with Gasteiger partial charge in [0.05, 0.1) is 0 Å². The fourth-order valence-corrected chi connectivity index (χ4v) is 3.13. The van der Waals surface area contributed by atoms with Crippen molar-refractivity contribution in [1.29, 1.82) is 0 Å². The highest BCUT2D eigenvalue weighted by molar-refractivity contribution is 5.92. The maximum absolute atomic E-state index is 12.5. The normalized spacial score (nSPS) is 18.9. The van der Waals surface area contributed by atoms with Crippen LogP contribution in [0.5, 0.6) is 0 Å². The number of nitrogens with one attached hydrogen (secondary N) is 1. The molecule has 0 aromatic heterocycles. The molecule has 0 saturated carbocycles. The third kappa shape index (κ3) is 6.49. The van der Waals surface area contributed by atoms with E-state index < -0.39 is 18.0 Å². The quantitative estimate of drug-likeness (QED) is 0.671. The molecule has 24 heavy (non-hydrogen) atoms. The maximum atomic E-state index is 12.5. The van der Waals surface area contributed by atoms with Gasteiger partial charge in [-0.1, -0.05) is 34.1 Å². The second-order valence-corrected chi connectivity index (χ2v) is 7.62. The Morgan fingerprint density at radius 3 is 2.38 bits per heavy atom. The van der Waals surface area contributed by atoms with E-state index in [-0.39, 0.29) is 17.7 Å². The molecule has 3 N–H and O–H groups in total. The van der Waals surface area contributed by atoms with E-state index in [0.29, 0.717) is 31.7 Å². The van der Waals surface area contributed by atoms with Crippen molar-refractivity contribution in [3.05, 3.63) is 0 Å². The molecule has 1 aliphatic heterocycles. The molecule has 0 aromatic carbocycles. The van der Waals surface area contributed by atoms with Crippen molar-refractivity contribution >= 4 is 17.7 Å². The summed E-state index contributed by atoms with van der Waals surface area (Å²) in [6, 6.07) is -1.14. The summed E-state index contributed by atoms with van der Waals surface area (Å²) in [4.78, 5) is 38.1. The molecular formula is C18H33N3O3. The molecule has 1 unspecified atom stereocenters. The van der Waals surface area contributed by atoms with Crippen LogP contribution < -0.4 is 11.1 Å². The molecule has 2 atom stereocenters. The van der Waals surface area contributed by atoms with Gasteiger partial charge in [0.25, 0.3) is 0 Å². The van der Waals surface area contributed by atoms with Gasteiger partial charge in [-0.15, -0.1) is 0 Å². The molecule has 1 saturated heterocycles. The van der Waals surface area contributed by atoms with Gasteiger partial charge in [-0.3, -0.25) is 14.4 Å². The van der Waals surface area contributed by atoms with Gasteiger partial charge in [-0.2, -0.15) is 0 Å². The third-order valence-electron chi connectivity index (χ3n) is 4.41. The summed E-state index contributed by atoms with van der Waals surface area (Å²) in [5.74, 6) is 0.0785. The smallest absolute Gasteiger partial charge is 0.243 e. The van der Waals surface area contributed by atoms with Gasteiger partial charge in [0.15, 0.2) is 0 Å². The molecular weight excluding hydrogens is 306 g/mol. The average molecular weight is 339 g/mol. The topological polar surface area (TPSA) is 92.5 Å². The van der Waals surface area contributed by atoms with Crippen LogP contribution in [0.15, 0.2) is 0 Å². The highest BCUT2D eigenvalue weighted by Gasteiger charge is 2.35. The molecule has 1 aliphatic rings. The van der Waals surface area contributed by atoms with Crippen molar-refractivity contribution in [2.75, 3.05) is 6.54 Å². The van der Waals surface area contributed by atoms with Gasteiger partial charge in [-0.05, 0) is 37.5 Å². The van der Waals surface area contributed by atoms with E-state index in [9.17, 15) is 14.4 Å². The summed E-state index contributed by atoms with van der Waals surface area (Å²) in [7, 11) is 0. The van der Waals surface area contributed by atoms with Crippen molar-refractivity contribution in [3.63, 3.8) is 0 Å². The van der Waals surface area contributed by atoms with E-state index in [2.05, 4.69) is 19.2 Å². The lowest BCUT2D eigenvalue weighted by Gasteiger charge is -2.26. The summed E-state index contributed by atoms with van der Waals surface area (Å²) >= 11 is 0. The Balaban J connectivity index is 2.61. The number of likely N-dealkylation sites (tertiary alicyclic amines) is 1. The Hall–Kier alpha value is -1.59. The summed E-state index contributed by atoms with van der Waals surface area (Å²) in [6.07, 6.45) is 4.31. The number of rotatable bonds is 9. The minimum absolute atomic E-state index is 0.0350. The number of carbonyl (C=O) groups is 3. The van der Waals surface area contributed by atoms with Crippen LogP contribution in [0.4, 0.5) is 0 Å². The Kier molecular flexibility index (Phi) is 8.22. The van der Waals surface area contributed by atoms with Gasteiger partial charge in [0, 0.05) is 13.0 Å². The van der Waals surface area contributed by atoms with Gasteiger partial charge < -0.3 is 16.0 Å². The molecule has 0 bridgehead atoms. The van der Waals surface area contributed by atoms with Crippen LogP contribution in [0.25, 0.3) is 0 Å².